The lowest BCUT2D eigenvalue weighted by Gasteiger charge is -2.25. The maximum atomic E-state index is 11.9. The summed E-state index contributed by atoms with van der Waals surface area (Å²) in [4.78, 5) is 14.1. The molecular weight excluding hydrogens is 240 g/mol. The van der Waals surface area contributed by atoms with E-state index in [0.29, 0.717) is 13.2 Å². The Bertz CT molecular complexity index is 400. The summed E-state index contributed by atoms with van der Waals surface area (Å²) in [6.45, 7) is 1.31. The van der Waals surface area contributed by atoms with Crippen molar-refractivity contribution < 1.29 is 9.53 Å². The van der Waals surface area contributed by atoms with Crippen LogP contribution < -0.4 is 5.32 Å². The van der Waals surface area contributed by atoms with Crippen molar-refractivity contribution in [3.63, 3.8) is 0 Å². The second kappa shape index (κ2) is 6.68. The third-order valence-electron chi connectivity index (χ3n) is 3.50. The second-order valence-electron chi connectivity index (χ2n) is 5.14. The van der Waals surface area contributed by atoms with Crippen LogP contribution in [-0.4, -0.2) is 44.2 Å². The highest BCUT2D eigenvalue weighted by molar-refractivity contribution is 5.81. The number of likely N-dealkylation sites (N-methyl/N-ethyl adjacent to an activating group) is 1. The lowest BCUT2D eigenvalue weighted by Crippen LogP contribution is -2.39. The van der Waals surface area contributed by atoms with Crippen LogP contribution in [0.1, 0.15) is 24.4 Å². The summed E-state index contributed by atoms with van der Waals surface area (Å²) in [6, 6.07) is 10.4. The van der Waals surface area contributed by atoms with Gasteiger partial charge < -0.3 is 15.0 Å². The van der Waals surface area contributed by atoms with E-state index in [1.54, 1.807) is 0 Å². The van der Waals surface area contributed by atoms with Gasteiger partial charge in [0.25, 0.3) is 0 Å². The monoisotopic (exact) mass is 262 g/mol. The zero-order chi connectivity index (χ0) is 13.7. The quantitative estimate of drug-likeness (QED) is 0.876. The topological polar surface area (TPSA) is 41.6 Å². The van der Waals surface area contributed by atoms with Gasteiger partial charge in [0.1, 0.15) is 6.10 Å². The van der Waals surface area contributed by atoms with Crippen LogP contribution in [0.2, 0.25) is 0 Å². The van der Waals surface area contributed by atoms with Crippen molar-refractivity contribution in [2.24, 2.45) is 0 Å². The number of carbonyl (C=O) groups excluding carboxylic acids is 1. The molecule has 0 aliphatic carbocycles. The zero-order valence-electron chi connectivity index (χ0n) is 11.6. The summed E-state index contributed by atoms with van der Waals surface area (Å²) in [5.41, 5.74) is 1.21. The van der Waals surface area contributed by atoms with Crippen LogP contribution in [0.15, 0.2) is 30.3 Å². The maximum Gasteiger partial charge on any atom is 0.249 e. The Morgan fingerprint density at radius 2 is 2.16 bits per heavy atom. The Hall–Kier alpha value is -1.39. The molecule has 0 bridgehead atoms. The van der Waals surface area contributed by atoms with E-state index in [2.05, 4.69) is 22.3 Å². The van der Waals surface area contributed by atoms with E-state index >= 15 is 0 Å². The molecular formula is C15H22N2O2. The number of hydrogen-bond acceptors (Lipinski definition) is 3. The molecule has 104 valence electrons. The Kier molecular flexibility index (Phi) is 4.93. The number of amides is 1. The molecule has 1 aliphatic heterocycles. The molecule has 4 nitrogen and oxygen atoms in total. The highest BCUT2D eigenvalue weighted by Gasteiger charge is 2.24. The van der Waals surface area contributed by atoms with Crippen molar-refractivity contribution in [2.75, 3.05) is 27.2 Å². The van der Waals surface area contributed by atoms with Crippen LogP contribution in [-0.2, 0) is 9.53 Å². The maximum absolute atomic E-state index is 11.9. The second-order valence-corrected chi connectivity index (χ2v) is 5.14. The van der Waals surface area contributed by atoms with Crippen molar-refractivity contribution in [1.82, 2.24) is 10.2 Å². The van der Waals surface area contributed by atoms with Crippen LogP contribution in [0, 0.1) is 0 Å². The largest absolute Gasteiger partial charge is 0.368 e. The van der Waals surface area contributed by atoms with Crippen LogP contribution in [0.3, 0.4) is 0 Å². The first-order valence-corrected chi connectivity index (χ1v) is 6.79. The minimum Gasteiger partial charge on any atom is -0.368 e. The van der Waals surface area contributed by atoms with Crippen molar-refractivity contribution in [3.05, 3.63) is 35.9 Å². The molecule has 1 amide bonds. The van der Waals surface area contributed by atoms with Gasteiger partial charge in [-0.05, 0) is 32.5 Å². The molecule has 2 rings (SSSR count). The molecule has 1 fully saturated rings. The van der Waals surface area contributed by atoms with Gasteiger partial charge in [-0.25, -0.2) is 0 Å². The molecule has 1 heterocycles. The van der Waals surface area contributed by atoms with E-state index in [9.17, 15) is 4.79 Å². The summed E-state index contributed by atoms with van der Waals surface area (Å²) in [6.07, 6.45) is 1.57. The van der Waals surface area contributed by atoms with Gasteiger partial charge in [-0.15, -0.1) is 0 Å². The molecule has 1 aromatic rings. The van der Waals surface area contributed by atoms with E-state index in [-0.39, 0.29) is 18.1 Å². The van der Waals surface area contributed by atoms with Crippen molar-refractivity contribution >= 4 is 5.91 Å². The summed E-state index contributed by atoms with van der Waals surface area (Å²) in [5.74, 6) is 0.0141. The first-order valence-electron chi connectivity index (χ1n) is 6.79. The molecule has 0 unspecified atom stereocenters. The molecule has 1 saturated heterocycles. The van der Waals surface area contributed by atoms with Gasteiger partial charge in [0.05, 0.1) is 6.04 Å². The molecule has 1 aromatic carbocycles. The van der Waals surface area contributed by atoms with Gasteiger partial charge in [-0.2, -0.15) is 0 Å². The van der Waals surface area contributed by atoms with Gasteiger partial charge in [0.2, 0.25) is 5.91 Å². The Balaban J connectivity index is 1.92. The summed E-state index contributed by atoms with van der Waals surface area (Å²) >= 11 is 0. The molecule has 0 saturated carbocycles. The van der Waals surface area contributed by atoms with E-state index in [4.69, 9.17) is 4.74 Å². The third-order valence-corrected chi connectivity index (χ3v) is 3.50. The van der Waals surface area contributed by atoms with E-state index in [0.717, 1.165) is 12.8 Å². The normalized spacial score (nSPS) is 20.5. The number of nitrogens with one attached hydrogen (secondary N) is 1. The number of rotatable bonds is 5. The Labute approximate surface area is 114 Å². The highest BCUT2D eigenvalue weighted by Crippen LogP contribution is 2.17. The molecule has 0 aromatic heterocycles. The fourth-order valence-corrected chi connectivity index (χ4v) is 2.37. The number of hydrogen-bond donors (Lipinski definition) is 1. The minimum atomic E-state index is -0.251. The molecule has 19 heavy (non-hydrogen) atoms. The Morgan fingerprint density at radius 1 is 1.42 bits per heavy atom. The molecule has 0 radical (unpaired) electrons. The lowest BCUT2D eigenvalue weighted by molar-refractivity contribution is -0.130. The van der Waals surface area contributed by atoms with Crippen LogP contribution in [0.5, 0.6) is 0 Å². The number of ether oxygens (including phenoxy) is 1. The van der Waals surface area contributed by atoms with Crippen molar-refractivity contribution in [2.45, 2.75) is 25.0 Å². The van der Waals surface area contributed by atoms with Crippen LogP contribution in [0.25, 0.3) is 0 Å². The highest BCUT2D eigenvalue weighted by atomic mass is 16.5. The molecule has 4 heteroatoms. The van der Waals surface area contributed by atoms with Gasteiger partial charge in [-0.1, -0.05) is 30.3 Å². The predicted octanol–water partition coefficient (Wildman–Crippen LogP) is 1.58. The SMILES string of the molecule is CN(C)[C@@H](CNC(=O)[C@@H]1CCCO1)c1ccccc1. The van der Waals surface area contributed by atoms with Gasteiger partial charge >= 0.3 is 0 Å². The lowest BCUT2D eigenvalue weighted by atomic mass is 10.1. The molecule has 1 N–H and O–H groups in total. The summed E-state index contributed by atoms with van der Waals surface area (Å²) < 4.78 is 5.39. The average molecular weight is 262 g/mol. The first-order chi connectivity index (χ1) is 9.18. The molecule has 2 atom stereocenters. The van der Waals surface area contributed by atoms with Crippen LogP contribution >= 0.6 is 0 Å². The number of carbonyl (C=O) groups is 1. The number of nitrogens with zero attached hydrogens (tertiary/aromatic N) is 1. The predicted molar refractivity (Wildman–Crippen MR) is 74.9 cm³/mol. The standard InChI is InChI=1S/C15H22N2O2/c1-17(2)13(12-7-4-3-5-8-12)11-16-15(18)14-9-6-10-19-14/h3-5,7-8,13-14H,6,9-11H2,1-2H3,(H,16,18)/t13-,14-/m0/s1. The first kappa shape index (κ1) is 14.0. The smallest absolute Gasteiger partial charge is 0.249 e. The van der Waals surface area contributed by atoms with Gasteiger partial charge in [0.15, 0.2) is 0 Å². The summed E-state index contributed by atoms with van der Waals surface area (Å²) in [5, 5.41) is 3.00. The fourth-order valence-electron chi connectivity index (χ4n) is 2.37. The fraction of sp³-hybridized carbons (Fsp3) is 0.533. The zero-order valence-corrected chi connectivity index (χ0v) is 11.6. The minimum absolute atomic E-state index is 0.0141. The Morgan fingerprint density at radius 3 is 2.74 bits per heavy atom. The number of benzene rings is 1. The molecule has 1 aliphatic rings. The van der Waals surface area contributed by atoms with Gasteiger partial charge in [-0.3, -0.25) is 4.79 Å². The van der Waals surface area contributed by atoms with Crippen molar-refractivity contribution in [3.8, 4) is 0 Å². The average Bonchev–Trinajstić information content (AvgIpc) is 2.93. The third kappa shape index (κ3) is 3.78. The summed E-state index contributed by atoms with van der Waals surface area (Å²) in [7, 11) is 4.05. The van der Waals surface area contributed by atoms with E-state index < -0.39 is 0 Å². The van der Waals surface area contributed by atoms with E-state index in [1.165, 1.54) is 5.56 Å². The molecule has 0 spiro atoms. The van der Waals surface area contributed by atoms with E-state index in [1.807, 2.05) is 32.3 Å². The van der Waals surface area contributed by atoms with Crippen LogP contribution in [0.4, 0.5) is 0 Å². The van der Waals surface area contributed by atoms with Gasteiger partial charge in [0, 0.05) is 13.2 Å². The van der Waals surface area contributed by atoms with Crippen molar-refractivity contribution in [1.29, 1.82) is 0 Å².